The van der Waals surface area contributed by atoms with Crippen molar-refractivity contribution in [3.63, 3.8) is 0 Å². The molecule has 218 valence electrons. The van der Waals surface area contributed by atoms with Gasteiger partial charge in [-0.3, -0.25) is 0 Å². The van der Waals surface area contributed by atoms with Gasteiger partial charge in [0.15, 0.2) is 0 Å². The number of pyridine rings is 1. The molecule has 1 aliphatic heterocycles. The molecule has 3 heterocycles. The summed E-state index contributed by atoms with van der Waals surface area (Å²) < 4.78 is 51.1. The van der Waals surface area contributed by atoms with E-state index < -0.39 is 18.6 Å². The van der Waals surface area contributed by atoms with Gasteiger partial charge in [-0.1, -0.05) is 6.92 Å². The Balaban J connectivity index is 1.17. The van der Waals surface area contributed by atoms with E-state index in [9.17, 15) is 18.3 Å². The van der Waals surface area contributed by atoms with Crippen LogP contribution in [0.1, 0.15) is 83.1 Å². The summed E-state index contributed by atoms with van der Waals surface area (Å²) in [5.74, 6) is 2.85. The fourth-order valence-corrected chi connectivity index (χ4v) is 8.68. The minimum atomic E-state index is -4.27. The highest BCUT2D eigenvalue weighted by Crippen LogP contribution is 2.82. The predicted molar refractivity (Wildman–Crippen MR) is 143 cm³/mol. The molecule has 1 saturated heterocycles. The first-order valence-electron chi connectivity index (χ1n) is 15.0. The lowest BCUT2D eigenvalue weighted by Crippen LogP contribution is -2.41. The van der Waals surface area contributed by atoms with E-state index in [1.54, 1.807) is 6.20 Å². The second-order valence-corrected chi connectivity index (χ2v) is 13.6. The Bertz CT molecular complexity index is 1280. The Labute approximate surface area is 232 Å². The number of hydrogen-bond acceptors (Lipinski definition) is 7. The maximum absolute atomic E-state index is 12.9. The second-order valence-electron chi connectivity index (χ2n) is 13.6. The van der Waals surface area contributed by atoms with Gasteiger partial charge in [-0.15, -0.1) is 0 Å². The van der Waals surface area contributed by atoms with Crippen LogP contribution in [0.3, 0.4) is 0 Å². The van der Waals surface area contributed by atoms with Gasteiger partial charge in [-0.2, -0.15) is 13.2 Å². The number of alkyl halides is 3. The Morgan fingerprint density at radius 2 is 1.82 bits per heavy atom. The molecule has 4 aliphatic carbocycles. The van der Waals surface area contributed by atoms with E-state index in [4.69, 9.17) is 19.4 Å². The number of aliphatic hydroxyl groups excluding tert-OH is 1. The number of rotatable bonds is 7. The van der Waals surface area contributed by atoms with Gasteiger partial charge in [0.05, 0.1) is 36.6 Å². The molecule has 2 unspecified atom stereocenters. The Morgan fingerprint density at radius 1 is 1.07 bits per heavy atom. The smallest absolute Gasteiger partial charge is 0.391 e. The summed E-state index contributed by atoms with van der Waals surface area (Å²) in [6.45, 7) is 5.75. The summed E-state index contributed by atoms with van der Waals surface area (Å²) in [6, 6.07) is -0.859. The molecular weight excluding hydrogens is 521 g/mol. The van der Waals surface area contributed by atoms with E-state index in [0.717, 1.165) is 44.5 Å². The number of nitrogens with zero attached hydrogens (tertiary/aromatic N) is 3. The minimum Gasteiger partial charge on any atom is -0.474 e. The Hall–Kier alpha value is -2.20. The van der Waals surface area contributed by atoms with Crippen molar-refractivity contribution in [2.45, 2.75) is 102 Å². The van der Waals surface area contributed by atoms with Crippen molar-refractivity contribution in [2.24, 2.45) is 28.6 Å². The molecule has 10 heteroatoms. The molecule has 2 aromatic heterocycles. The molecule has 0 bridgehead atoms. The van der Waals surface area contributed by atoms with Crippen molar-refractivity contribution < 1.29 is 27.8 Å². The van der Waals surface area contributed by atoms with Crippen molar-refractivity contribution >= 4 is 16.9 Å². The lowest BCUT2D eigenvalue weighted by molar-refractivity contribution is -0.136. The molecule has 0 spiro atoms. The first kappa shape index (κ1) is 26.7. The SMILES string of the molecule is C[C@@H](CC(F)(F)F)Nc1ncc2c(O[C@H]3C[C@@H]4CC4(C)C4(C5COC5)C[C@@H]4C3)ncc(C3CCC(O)CC3)c2n1. The van der Waals surface area contributed by atoms with Crippen LogP contribution in [0.4, 0.5) is 19.1 Å². The standard InChI is InChI=1S/C30H39F3N4O3/c1-16(9-30(31,32)33)36-27-35-13-24-25(37-27)23(17-3-5-21(38)6-4-17)12-34-26(24)40-22-7-18-10-28(18,2)29(11-19(29)8-22)20-14-39-15-20/h12-13,16-22,38H,3-11,14-15H2,1-2H3,(H,35,36,37)/t16-,17?,18+,19-,21?,22-,28?,29?/m0/s1. The van der Waals surface area contributed by atoms with Crippen molar-refractivity contribution in [1.82, 2.24) is 15.0 Å². The number of ether oxygens (including phenoxy) is 2. The molecule has 0 aromatic carbocycles. The number of anilines is 1. The fourth-order valence-electron chi connectivity index (χ4n) is 8.68. The summed E-state index contributed by atoms with van der Waals surface area (Å²) in [7, 11) is 0. The number of hydrogen-bond donors (Lipinski definition) is 2. The molecule has 0 radical (unpaired) electrons. The molecule has 5 aliphatic rings. The van der Waals surface area contributed by atoms with E-state index >= 15 is 0 Å². The zero-order valence-electron chi connectivity index (χ0n) is 23.2. The first-order valence-corrected chi connectivity index (χ1v) is 15.0. The summed E-state index contributed by atoms with van der Waals surface area (Å²) in [6.07, 6.45) is 5.62. The average molecular weight is 561 g/mol. The molecule has 4 saturated carbocycles. The number of aliphatic hydroxyl groups is 1. The van der Waals surface area contributed by atoms with Crippen molar-refractivity contribution in [3.8, 4) is 5.88 Å². The third-order valence-corrected chi connectivity index (χ3v) is 11.0. The van der Waals surface area contributed by atoms with Crippen LogP contribution in [0.5, 0.6) is 5.88 Å². The Morgan fingerprint density at radius 3 is 2.52 bits per heavy atom. The van der Waals surface area contributed by atoms with E-state index in [0.29, 0.717) is 58.2 Å². The average Bonchev–Trinajstić information content (AvgIpc) is 3.73. The van der Waals surface area contributed by atoms with Gasteiger partial charge >= 0.3 is 6.18 Å². The van der Waals surface area contributed by atoms with Crippen LogP contribution in [-0.4, -0.2) is 57.7 Å². The largest absolute Gasteiger partial charge is 0.474 e. The lowest BCUT2D eigenvalue weighted by Gasteiger charge is -2.39. The van der Waals surface area contributed by atoms with Gasteiger partial charge in [0.2, 0.25) is 11.8 Å². The van der Waals surface area contributed by atoms with Crippen LogP contribution in [-0.2, 0) is 4.74 Å². The predicted octanol–water partition coefficient (Wildman–Crippen LogP) is 6.02. The van der Waals surface area contributed by atoms with E-state index in [-0.39, 0.29) is 24.1 Å². The van der Waals surface area contributed by atoms with Crippen molar-refractivity contribution in [3.05, 3.63) is 18.0 Å². The Kier molecular flexibility index (Phi) is 6.28. The topological polar surface area (TPSA) is 89.4 Å². The van der Waals surface area contributed by atoms with Crippen LogP contribution in [0.15, 0.2) is 12.4 Å². The summed E-state index contributed by atoms with van der Waals surface area (Å²) in [5, 5.41) is 13.6. The quantitative estimate of drug-likeness (QED) is 0.428. The van der Waals surface area contributed by atoms with Crippen LogP contribution >= 0.6 is 0 Å². The number of nitrogens with one attached hydrogen (secondary N) is 1. The number of halogens is 3. The van der Waals surface area contributed by atoms with Gasteiger partial charge in [0, 0.05) is 29.9 Å². The molecular formula is C30H39F3N4O3. The van der Waals surface area contributed by atoms with Gasteiger partial charge in [-0.25, -0.2) is 15.0 Å². The molecule has 7 nitrogen and oxygen atoms in total. The highest BCUT2D eigenvalue weighted by molar-refractivity contribution is 5.86. The molecule has 40 heavy (non-hydrogen) atoms. The van der Waals surface area contributed by atoms with E-state index in [1.807, 2.05) is 6.20 Å². The molecule has 0 amide bonds. The highest BCUT2D eigenvalue weighted by Gasteiger charge is 2.77. The summed E-state index contributed by atoms with van der Waals surface area (Å²) in [4.78, 5) is 13.9. The van der Waals surface area contributed by atoms with Crippen LogP contribution in [0.25, 0.3) is 10.9 Å². The summed E-state index contributed by atoms with van der Waals surface area (Å²) >= 11 is 0. The van der Waals surface area contributed by atoms with Gasteiger partial charge in [-0.05, 0) is 86.9 Å². The molecule has 6 atom stereocenters. The molecule has 5 fully saturated rings. The molecule has 2 aromatic rings. The maximum Gasteiger partial charge on any atom is 0.391 e. The summed E-state index contributed by atoms with van der Waals surface area (Å²) in [5.41, 5.74) is 2.44. The molecule has 7 rings (SSSR count). The number of aromatic nitrogens is 3. The normalized spacial score (nSPS) is 38.0. The van der Waals surface area contributed by atoms with E-state index in [1.165, 1.54) is 19.8 Å². The van der Waals surface area contributed by atoms with Gasteiger partial charge in [0.25, 0.3) is 0 Å². The number of fused-ring (bicyclic) bond motifs is 4. The van der Waals surface area contributed by atoms with E-state index in [2.05, 4.69) is 17.2 Å². The van der Waals surface area contributed by atoms with Crippen LogP contribution in [0.2, 0.25) is 0 Å². The lowest BCUT2D eigenvalue weighted by atomic mass is 9.72. The third kappa shape index (κ3) is 4.53. The van der Waals surface area contributed by atoms with Crippen LogP contribution < -0.4 is 10.1 Å². The minimum absolute atomic E-state index is 0.0678. The zero-order valence-corrected chi connectivity index (χ0v) is 23.2. The monoisotopic (exact) mass is 560 g/mol. The zero-order chi connectivity index (χ0) is 27.9. The van der Waals surface area contributed by atoms with Crippen molar-refractivity contribution in [2.75, 3.05) is 18.5 Å². The maximum atomic E-state index is 12.9. The molecule has 2 N–H and O–H groups in total. The van der Waals surface area contributed by atoms with Crippen LogP contribution in [0, 0.1) is 28.6 Å². The highest BCUT2D eigenvalue weighted by atomic mass is 19.4. The van der Waals surface area contributed by atoms with Crippen molar-refractivity contribution in [1.29, 1.82) is 0 Å². The first-order chi connectivity index (χ1) is 19.1. The third-order valence-electron chi connectivity index (χ3n) is 11.0. The fraction of sp³-hybridized carbons (Fsp3) is 0.767. The second kappa shape index (κ2) is 9.41. The van der Waals surface area contributed by atoms with Gasteiger partial charge < -0.3 is 19.9 Å². The van der Waals surface area contributed by atoms with Gasteiger partial charge in [0.1, 0.15) is 6.10 Å².